The van der Waals surface area contributed by atoms with E-state index in [-0.39, 0.29) is 24.4 Å². The molecule has 0 bridgehead atoms. The third-order valence-electron chi connectivity index (χ3n) is 6.49. The van der Waals surface area contributed by atoms with Crippen molar-refractivity contribution in [1.82, 2.24) is 14.4 Å². The van der Waals surface area contributed by atoms with Crippen LogP contribution in [0.1, 0.15) is 35.8 Å². The number of aliphatic imine (C=N–C) groups is 1. The number of likely N-dealkylation sites (N-methyl/N-ethyl adjacent to an activating group) is 1. The Morgan fingerprint density at radius 1 is 1.23 bits per heavy atom. The van der Waals surface area contributed by atoms with Gasteiger partial charge >= 0.3 is 12.0 Å². The number of carbonyl (C=O) groups excluding carboxylic acids is 2. The average molecular weight is 426 g/mol. The molecular weight excluding hydrogens is 401 g/mol. The minimum Gasteiger partial charge on any atom is -0.375 e. The third-order valence-corrected chi connectivity index (χ3v) is 6.49. The van der Waals surface area contributed by atoms with E-state index >= 15 is 0 Å². The maximum atomic E-state index is 13.5. The number of ether oxygens (including phenoxy) is 1. The molecule has 3 aliphatic heterocycles. The average Bonchev–Trinajstić information content (AvgIpc) is 3.46. The van der Waals surface area contributed by atoms with Gasteiger partial charge in [-0.2, -0.15) is 0 Å². The summed E-state index contributed by atoms with van der Waals surface area (Å²) in [6.07, 6.45) is 2.17. The van der Waals surface area contributed by atoms with Crippen molar-refractivity contribution in [3.8, 4) is 0 Å². The molecule has 2 saturated heterocycles. The number of rotatable bonds is 4. The molecule has 162 valence electrons. The van der Waals surface area contributed by atoms with E-state index in [1.54, 1.807) is 19.2 Å². The zero-order valence-corrected chi connectivity index (χ0v) is 17.8. The number of amides is 3. The number of aromatic nitrogens is 2. The first-order valence-corrected chi connectivity index (χ1v) is 10.5. The van der Waals surface area contributed by atoms with Crippen molar-refractivity contribution < 1.29 is 23.3 Å². The monoisotopic (exact) mass is 426 g/mol. The first kappa shape index (κ1) is 19.9. The molecular formula is C22H25FN5O3+. The first-order valence-electron chi connectivity index (χ1n) is 10.5. The summed E-state index contributed by atoms with van der Waals surface area (Å²) in [6.45, 7) is 5.51. The van der Waals surface area contributed by atoms with Crippen molar-refractivity contribution in [2.24, 2.45) is 4.99 Å². The number of benzene rings is 1. The van der Waals surface area contributed by atoms with Gasteiger partial charge in [0.15, 0.2) is 0 Å². The predicted octanol–water partition coefficient (Wildman–Crippen LogP) is 2.39. The van der Waals surface area contributed by atoms with Crippen molar-refractivity contribution >= 4 is 23.7 Å². The molecule has 9 heteroatoms. The normalized spacial score (nSPS) is 22.8. The Hall–Kier alpha value is -3.07. The minimum absolute atomic E-state index is 0.0800. The molecule has 2 unspecified atom stereocenters. The molecule has 5 rings (SSSR count). The highest BCUT2D eigenvalue weighted by Gasteiger charge is 2.54. The van der Waals surface area contributed by atoms with Crippen molar-refractivity contribution in [1.29, 1.82) is 0 Å². The number of urea groups is 1. The van der Waals surface area contributed by atoms with Crippen LogP contribution >= 0.6 is 0 Å². The Balaban J connectivity index is 1.51. The van der Waals surface area contributed by atoms with Gasteiger partial charge < -0.3 is 4.74 Å². The zero-order valence-electron chi connectivity index (χ0n) is 17.8. The Morgan fingerprint density at radius 2 is 1.97 bits per heavy atom. The molecule has 1 aromatic carbocycles. The van der Waals surface area contributed by atoms with Gasteiger partial charge in [-0.15, -0.1) is 0 Å². The molecule has 2 fully saturated rings. The van der Waals surface area contributed by atoms with E-state index in [2.05, 4.69) is 4.57 Å². The van der Waals surface area contributed by atoms with Gasteiger partial charge in [0.2, 0.25) is 11.9 Å². The lowest BCUT2D eigenvalue weighted by atomic mass is 10.1. The van der Waals surface area contributed by atoms with Gasteiger partial charge in [0.25, 0.3) is 5.91 Å². The lowest BCUT2D eigenvalue weighted by molar-refractivity contribution is -0.695. The Kier molecular flexibility index (Phi) is 4.65. The summed E-state index contributed by atoms with van der Waals surface area (Å²) in [5.41, 5.74) is 2.66. The number of nitrogens with zero attached hydrogens (tertiary/aromatic N) is 5. The van der Waals surface area contributed by atoms with Crippen molar-refractivity contribution in [2.75, 3.05) is 13.7 Å². The van der Waals surface area contributed by atoms with Crippen LogP contribution < -0.4 is 4.57 Å². The number of amidine groups is 1. The second-order valence-electron chi connectivity index (χ2n) is 8.35. The molecule has 3 amide bonds. The van der Waals surface area contributed by atoms with Crippen LogP contribution in [0.4, 0.5) is 15.1 Å². The quantitative estimate of drug-likeness (QED) is 0.705. The summed E-state index contributed by atoms with van der Waals surface area (Å²) in [6, 6.07) is 4.69. The van der Waals surface area contributed by atoms with Gasteiger partial charge in [-0.25, -0.2) is 18.3 Å². The third kappa shape index (κ3) is 3.06. The van der Waals surface area contributed by atoms with Gasteiger partial charge in [0, 0.05) is 13.7 Å². The molecule has 0 spiro atoms. The largest absolute Gasteiger partial charge is 0.402 e. The summed E-state index contributed by atoms with van der Waals surface area (Å²) in [7, 11) is 1.64. The maximum Gasteiger partial charge on any atom is 0.402 e. The highest BCUT2D eigenvalue weighted by atomic mass is 19.1. The first-order chi connectivity index (χ1) is 14.9. The summed E-state index contributed by atoms with van der Waals surface area (Å²) >= 11 is 0. The van der Waals surface area contributed by atoms with Crippen LogP contribution in [0.15, 0.2) is 29.3 Å². The predicted molar refractivity (Wildman–Crippen MR) is 109 cm³/mol. The van der Waals surface area contributed by atoms with E-state index in [1.165, 1.54) is 21.9 Å². The molecule has 1 aromatic heterocycles. The molecule has 0 saturated carbocycles. The number of carbonyl (C=O) groups is 2. The van der Waals surface area contributed by atoms with Crippen LogP contribution in [0.5, 0.6) is 0 Å². The summed E-state index contributed by atoms with van der Waals surface area (Å²) < 4.78 is 23.1. The van der Waals surface area contributed by atoms with Gasteiger partial charge in [0.1, 0.15) is 17.2 Å². The maximum absolute atomic E-state index is 13.5. The number of hydrogen-bond acceptors (Lipinski definition) is 4. The molecule has 31 heavy (non-hydrogen) atoms. The van der Waals surface area contributed by atoms with Crippen LogP contribution in [0.2, 0.25) is 0 Å². The van der Waals surface area contributed by atoms with Crippen LogP contribution in [0, 0.1) is 19.7 Å². The number of imide groups is 1. The van der Waals surface area contributed by atoms with Gasteiger partial charge in [-0.3, -0.25) is 14.6 Å². The van der Waals surface area contributed by atoms with E-state index < -0.39 is 12.1 Å². The van der Waals surface area contributed by atoms with Crippen molar-refractivity contribution in [2.45, 2.75) is 51.9 Å². The van der Waals surface area contributed by atoms with Crippen molar-refractivity contribution in [3.63, 3.8) is 0 Å². The van der Waals surface area contributed by atoms with E-state index in [1.807, 2.05) is 18.4 Å². The summed E-state index contributed by atoms with van der Waals surface area (Å²) in [5.74, 6) is 0.417. The molecule has 4 heterocycles. The fourth-order valence-corrected chi connectivity index (χ4v) is 4.63. The number of fused-ring (bicyclic) bond motifs is 3. The molecule has 0 aliphatic carbocycles. The van der Waals surface area contributed by atoms with Crippen molar-refractivity contribution in [3.05, 3.63) is 47.0 Å². The van der Waals surface area contributed by atoms with Gasteiger partial charge in [0.05, 0.1) is 19.2 Å². The Labute approximate surface area is 179 Å². The lowest BCUT2D eigenvalue weighted by Crippen LogP contribution is -2.57. The Bertz CT molecular complexity index is 1100. The molecule has 0 N–H and O–H groups in total. The SMILES string of the molecule is Cc1c(C)[n+](CC2CCCO2)c2n1C1C(=O)N(Cc3ccc(F)cc3)C(=O)N(C)C1=N2. The minimum atomic E-state index is -0.692. The van der Waals surface area contributed by atoms with E-state index in [9.17, 15) is 14.0 Å². The molecule has 3 aliphatic rings. The fraction of sp³-hybridized carbons (Fsp3) is 0.455. The standard InChI is InChI=1S/C22H25FN5O3/c1-13-14(2)28-18-19(24-21(28)26(13)12-17-5-4-10-31-17)25(3)22(30)27(20(18)29)11-15-6-8-16(23)9-7-15/h6-9,17-18H,4-5,10-12H2,1-3H3/q+1. The highest BCUT2D eigenvalue weighted by molar-refractivity contribution is 6.20. The highest BCUT2D eigenvalue weighted by Crippen LogP contribution is 2.36. The molecule has 8 nitrogen and oxygen atoms in total. The van der Waals surface area contributed by atoms with E-state index in [4.69, 9.17) is 9.73 Å². The number of imidazole rings is 1. The summed E-state index contributed by atoms with van der Waals surface area (Å²) in [4.78, 5) is 33.8. The fourth-order valence-electron chi connectivity index (χ4n) is 4.63. The zero-order chi connectivity index (χ0) is 21.9. The van der Waals surface area contributed by atoms with Crippen LogP contribution in [0.25, 0.3) is 0 Å². The van der Waals surface area contributed by atoms with Crippen LogP contribution in [-0.2, 0) is 22.6 Å². The topological polar surface area (TPSA) is 71.0 Å². The van der Waals surface area contributed by atoms with E-state index in [0.717, 1.165) is 30.8 Å². The summed E-state index contributed by atoms with van der Waals surface area (Å²) in [5, 5.41) is 0. The van der Waals surface area contributed by atoms with E-state index in [0.29, 0.717) is 23.9 Å². The molecule has 0 radical (unpaired) electrons. The second kappa shape index (κ2) is 7.26. The lowest BCUT2D eigenvalue weighted by Gasteiger charge is -2.33. The van der Waals surface area contributed by atoms with Crippen LogP contribution in [-0.4, -0.2) is 51.9 Å². The van der Waals surface area contributed by atoms with Gasteiger partial charge in [-0.1, -0.05) is 17.1 Å². The Morgan fingerprint density at radius 3 is 2.65 bits per heavy atom. The number of hydrogen-bond donors (Lipinski definition) is 0. The van der Waals surface area contributed by atoms with Gasteiger partial charge in [-0.05, 0) is 44.4 Å². The molecule has 2 aromatic rings. The molecule has 2 atom stereocenters. The van der Waals surface area contributed by atoms with Crippen LogP contribution in [0.3, 0.4) is 0 Å². The second-order valence-corrected chi connectivity index (χ2v) is 8.35. The number of halogens is 1. The smallest absolute Gasteiger partial charge is 0.375 e.